The maximum absolute atomic E-state index is 12.7. The van der Waals surface area contributed by atoms with E-state index in [9.17, 15) is 36.5 Å². The second-order valence-electron chi connectivity index (χ2n) is 5.98. The molecule has 1 N–H and O–H groups in total. The standard InChI is InChI=1S/C16H12F3N3O5S/c1-21-13-5-2-10(6-9(13)7-15(21)23)20-12-4-3-11(8-14(12)22(24)25)28(26,27)16(17,18)19/h2-6,8,20H,7H2,1H3. The summed E-state index contributed by atoms with van der Waals surface area (Å²) >= 11 is 0. The van der Waals surface area contributed by atoms with Gasteiger partial charge in [0.1, 0.15) is 5.69 Å². The second kappa shape index (κ2) is 6.48. The second-order valence-corrected chi connectivity index (χ2v) is 7.92. The van der Waals surface area contributed by atoms with E-state index in [4.69, 9.17) is 0 Å². The highest BCUT2D eigenvalue weighted by atomic mass is 32.2. The number of fused-ring (bicyclic) bond motifs is 1. The van der Waals surface area contributed by atoms with Gasteiger partial charge in [-0.15, -0.1) is 0 Å². The van der Waals surface area contributed by atoms with Crippen molar-refractivity contribution in [2.45, 2.75) is 16.8 Å². The summed E-state index contributed by atoms with van der Waals surface area (Å²) in [5.74, 6) is -0.125. The molecule has 0 spiro atoms. The average molecular weight is 415 g/mol. The zero-order valence-corrected chi connectivity index (χ0v) is 15.0. The number of anilines is 3. The summed E-state index contributed by atoms with van der Waals surface area (Å²) in [4.78, 5) is 22.2. The Bertz CT molecular complexity index is 1100. The number of hydrogen-bond donors (Lipinski definition) is 1. The lowest BCUT2D eigenvalue weighted by Crippen LogP contribution is -2.23. The van der Waals surface area contributed by atoms with Crippen LogP contribution in [0.3, 0.4) is 0 Å². The number of nitro benzene ring substituents is 1. The van der Waals surface area contributed by atoms with E-state index in [0.29, 0.717) is 29.1 Å². The van der Waals surface area contributed by atoms with Crippen molar-refractivity contribution in [1.29, 1.82) is 0 Å². The Hall–Kier alpha value is -3.15. The Labute approximate surface area is 156 Å². The van der Waals surface area contributed by atoms with Gasteiger partial charge in [-0.05, 0) is 35.9 Å². The summed E-state index contributed by atoms with van der Waals surface area (Å²) < 4.78 is 61.0. The van der Waals surface area contributed by atoms with Crippen molar-refractivity contribution in [2.24, 2.45) is 0 Å². The largest absolute Gasteiger partial charge is 0.501 e. The Kier molecular flexibility index (Phi) is 4.54. The maximum Gasteiger partial charge on any atom is 0.501 e. The Morgan fingerprint density at radius 1 is 1.18 bits per heavy atom. The molecule has 1 aliphatic rings. The van der Waals surface area contributed by atoms with Gasteiger partial charge in [0.2, 0.25) is 5.91 Å². The van der Waals surface area contributed by atoms with E-state index in [1.165, 1.54) is 11.0 Å². The highest BCUT2D eigenvalue weighted by molar-refractivity contribution is 7.92. The molecule has 0 unspecified atom stereocenters. The molecule has 2 aromatic carbocycles. The number of rotatable bonds is 4. The Balaban J connectivity index is 1.99. The predicted octanol–water partition coefficient (Wildman–Crippen LogP) is 3.15. The van der Waals surface area contributed by atoms with Crippen LogP contribution in [0.15, 0.2) is 41.3 Å². The minimum absolute atomic E-state index is 0.125. The van der Waals surface area contributed by atoms with E-state index in [1.807, 2.05) is 0 Å². The number of carbonyl (C=O) groups excluding carboxylic acids is 1. The van der Waals surface area contributed by atoms with Crippen LogP contribution in [0.25, 0.3) is 0 Å². The molecule has 0 radical (unpaired) electrons. The number of halogens is 3. The molecular formula is C16H12F3N3O5S. The van der Waals surface area contributed by atoms with Gasteiger partial charge in [0.15, 0.2) is 0 Å². The van der Waals surface area contributed by atoms with E-state index in [1.54, 1.807) is 19.2 Å². The van der Waals surface area contributed by atoms with Crippen LogP contribution in [-0.4, -0.2) is 31.8 Å². The zero-order chi connectivity index (χ0) is 20.9. The molecule has 8 nitrogen and oxygen atoms in total. The van der Waals surface area contributed by atoms with E-state index >= 15 is 0 Å². The third kappa shape index (κ3) is 3.26. The van der Waals surface area contributed by atoms with Crippen molar-refractivity contribution in [2.75, 3.05) is 17.3 Å². The molecule has 1 amide bonds. The van der Waals surface area contributed by atoms with E-state index in [0.717, 1.165) is 6.07 Å². The number of hydrogen-bond acceptors (Lipinski definition) is 6. The van der Waals surface area contributed by atoms with Gasteiger partial charge in [0.05, 0.1) is 16.2 Å². The first-order valence-corrected chi connectivity index (χ1v) is 9.16. The number of nitro groups is 1. The summed E-state index contributed by atoms with van der Waals surface area (Å²) in [5, 5.41) is 13.9. The van der Waals surface area contributed by atoms with Crippen LogP contribution in [0.1, 0.15) is 5.56 Å². The summed E-state index contributed by atoms with van der Waals surface area (Å²) in [6.07, 6.45) is 0.145. The van der Waals surface area contributed by atoms with Gasteiger partial charge in [0.25, 0.3) is 15.5 Å². The van der Waals surface area contributed by atoms with Crippen molar-refractivity contribution in [1.82, 2.24) is 0 Å². The van der Waals surface area contributed by atoms with Gasteiger partial charge in [-0.25, -0.2) is 8.42 Å². The van der Waals surface area contributed by atoms with E-state index in [-0.39, 0.29) is 18.0 Å². The number of likely N-dealkylation sites (N-methyl/N-ethyl adjacent to an activating group) is 1. The van der Waals surface area contributed by atoms with Crippen molar-refractivity contribution < 1.29 is 31.3 Å². The van der Waals surface area contributed by atoms with Crippen molar-refractivity contribution in [3.63, 3.8) is 0 Å². The molecule has 1 heterocycles. The molecule has 0 saturated heterocycles. The molecule has 0 aromatic heterocycles. The monoisotopic (exact) mass is 415 g/mol. The third-order valence-electron chi connectivity index (χ3n) is 4.22. The highest BCUT2D eigenvalue weighted by Gasteiger charge is 2.47. The third-order valence-corrected chi connectivity index (χ3v) is 5.70. The molecule has 2 aromatic rings. The van der Waals surface area contributed by atoms with Crippen LogP contribution in [0, 0.1) is 10.1 Å². The molecule has 0 atom stereocenters. The quantitative estimate of drug-likeness (QED) is 0.607. The van der Waals surface area contributed by atoms with E-state index in [2.05, 4.69) is 5.32 Å². The molecular weight excluding hydrogens is 403 g/mol. The fourth-order valence-electron chi connectivity index (χ4n) is 2.77. The molecule has 0 saturated carbocycles. The first-order valence-electron chi connectivity index (χ1n) is 7.68. The van der Waals surface area contributed by atoms with Gasteiger partial charge >= 0.3 is 5.51 Å². The van der Waals surface area contributed by atoms with Crippen LogP contribution >= 0.6 is 0 Å². The first-order chi connectivity index (χ1) is 12.9. The summed E-state index contributed by atoms with van der Waals surface area (Å²) in [6, 6.07) is 6.63. The molecule has 0 bridgehead atoms. The van der Waals surface area contributed by atoms with Crippen molar-refractivity contribution in [3.8, 4) is 0 Å². The SMILES string of the molecule is CN1C(=O)Cc2cc(Nc3ccc(S(=O)(=O)C(F)(F)F)cc3[N+](=O)[O-])ccc21. The highest BCUT2D eigenvalue weighted by Crippen LogP contribution is 2.37. The van der Waals surface area contributed by atoms with Crippen molar-refractivity contribution in [3.05, 3.63) is 52.1 Å². The molecule has 3 rings (SSSR count). The Morgan fingerprint density at radius 3 is 2.46 bits per heavy atom. The maximum atomic E-state index is 12.7. The number of nitrogens with one attached hydrogen (secondary N) is 1. The van der Waals surface area contributed by atoms with Crippen LogP contribution in [0.5, 0.6) is 0 Å². The van der Waals surface area contributed by atoms with Gasteiger partial charge in [-0.1, -0.05) is 0 Å². The topological polar surface area (TPSA) is 110 Å². The molecule has 1 aliphatic heterocycles. The molecule has 148 valence electrons. The average Bonchev–Trinajstić information content (AvgIpc) is 2.87. The fourth-order valence-corrected chi connectivity index (χ4v) is 3.55. The fraction of sp³-hybridized carbons (Fsp3) is 0.188. The van der Waals surface area contributed by atoms with Crippen LogP contribution in [0.2, 0.25) is 0 Å². The van der Waals surface area contributed by atoms with Gasteiger partial charge < -0.3 is 10.2 Å². The smallest absolute Gasteiger partial charge is 0.350 e. The van der Waals surface area contributed by atoms with Crippen LogP contribution in [0.4, 0.5) is 35.9 Å². The van der Waals surface area contributed by atoms with Crippen LogP contribution in [-0.2, 0) is 21.1 Å². The summed E-state index contributed by atoms with van der Waals surface area (Å²) in [5.41, 5.74) is -4.89. The van der Waals surface area contributed by atoms with Gasteiger partial charge in [-0.2, -0.15) is 13.2 Å². The zero-order valence-electron chi connectivity index (χ0n) is 14.1. The van der Waals surface area contributed by atoms with Gasteiger partial charge in [0, 0.05) is 24.5 Å². The first kappa shape index (κ1) is 19.6. The number of sulfone groups is 1. The van der Waals surface area contributed by atoms with Gasteiger partial charge in [-0.3, -0.25) is 14.9 Å². The molecule has 0 aliphatic carbocycles. The van der Waals surface area contributed by atoms with E-state index < -0.39 is 30.9 Å². The number of benzene rings is 2. The minimum atomic E-state index is -5.72. The molecule has 0 fully saturated rings. The normalized spacial score (nSPS) is 14.1. The number of amides is 1. The summed E-state index contributed by atoms with van der Waals surface area (Å²) in [6.45, 7) is 0. The lowest BCUT2D eigenvalue weighted by Gasteiger charge is -2.13. The molecule has 28 heavy (non-hydrogen) atoms. The summed E-state index contributed by atoms with van der Waals surface area (Å²) in [7, 11) is -4.11. The number of alkyl halides is 3. The number of carbonyl (C=O) groups is 1. The Morgan fingerprint density at radius 2 is 1.86 bits per heavy atom. The predicted molar refractivity (Wildman–Crippen MR) is 93.2 cm³/mol. The lowest BCUT2D eigenvalue weighted by atomic mass is 10.1. The van der Waals surface area contributed by atoms with Crippen LogP contribution < -0.4 is 10.2 Å². The lowest BCUT2D eigenvalue weighted by molar-refractivity contribution is -0.384. The minimum Gasteiger partial charge on any atom is -0.350 e. The number of nitrogens with zero attached hydrogens (tertiary/aromatic N) is 2. The van der Waals surface area contributed by atoms with Crippen molar-refractivity contribution >= 4 is 38.5 Å². The molecule has 12 heteroatoms.